The van der Waals surface area contributed by atoms with E-state index in [0.717, 1.165) is 26.2 Å². The monoisotopic (exact) mass is 213 g/mol. The number of ether oxygens (including phenoxy) is 2. The van der Waals surface area contributed by atoms with Gasteiger partial charge in [0.15, 0.2) is 0 Å². The Kier molecular flexibility index (Phi) is 3.59. The van der Waals surface area contributed by atoms with Crippen molar-refractivity contribution in [3.05, 3.63) is 0 Å². The van der Waals surface area contributed by atoms with Crippen molar-refractivity contribution < 1.29 is 14.3 Å². The summed E-state index contributed by atoms with van der Waals surface area (Å²) in [4.78, 5) is 13.5. The van der Waals surface area contributed by atoms with E-state index in [0.29, 0.717) is 18.5 Å². The first-order chi connectivity index (χ1) is 7.29. The van der Waals surface area contributed by atoms with Crippen LogP contribution < -0.4 is 0 Å². The number of hydrogen-bond donors (Lipinski definition) is 0. The third-order valence-electron chi connectivity index (χ3n) is 3.14. The second-order valence-corrected chi connectivity index (χ2v) is 4.47. The Morgan fingerprint density at radius 2 is 2.27 bits per heavy atom. The summed E-state index contributed by atoms with van der Waals surface area (Å²) in [6.07, 6.45) is 3.58. The SMILES string of the molecule is COC(=O)CN(C[C@H]1CCOC1)C1CC1. The summed E-state index contributed by atoms with van der Waals surface area (Å²) in [5.41, 5.74) is 0. The van der Waals surface area contributed by atoms with E-state index < -0.39 is 0 Å². The zero-order valence-electron chi connectivity index (χ0n) is 9.28. The van der Waals surface area contributed by atoms with E-state index in [-0.39, 0.29) is 5.97 Å². The van der Waals surface area contributed by atoms with Crippen LogP contribution in [0.5, 0.6) is 0 Å². The molecule has 0 radical (unpaired) electrons. The Morgan fingerprint density at radius 1 is 1.47 bits per heavy atom. The molecule has 0 aromatic heterocycles. The molecule has 1 saturated carbocycles. The zero-order chi connectivity index (χ0) is 10.7. The van der Waals surface area contributed by atoms with Crippen molar-refractivity contribution in [3.8, 4) is 0 Å². The highest BCUT2D eigenvalue weighted by molar-refractivity contribution is 5.71. The van der Waals surface area contributed by atoms with Crippen molar-refractivity contribution in [1.29, 1.82) is 0 Å². The normalized spacial score (nSPS) is 25.9. The molecular formula is C11H19NO3. The highest BCUT2D eigenvalue weighted by Crippen LogP contribution is 2.28. The van der Waals surface area contributed by atoms with Crippen molar-refractivity contribution in [2.24, 2.45) is 5.92 Å². The molecule has 2 aliphatic rings. The molecule has 1 aliphatic heterocycles. The van der Waals surface area contributed by atoms with Gasteiger partial charge in [-0.3, -0.25) is 9.69 Å². The van der Waals surface area contributed by atoms with Gasteiger partial charge in [-0.15, -0.1) is 0 Å². The third kappa shape index (κ3) is 3.18. The van der Waals surface area contributed by atoms with Crippen LogP contribution in [0.2, 0.25) is 0 Å². The number of methoxy groups -OCH3 is 1. The maximum Gasteiger partial charge on any atom is 0.319 e. The summed E-state index contributed by atoms with van der Waals surface area (Å²) in [7, 11) is 1.45. The molecule has 0 aromatic rings. The summed E-state index contributed by atoms with van der Waals surface area (Å²) in [6, 6.07) is 0.615. The molecule has 0 amide bonds. The van der Waals surface area contributed by atoms with Crippen LogP contribution in [0.3, 0.4) is 0 Å². The van der Waals surface area contributed by atoms with Crippen molar-refractivity contribution >= 4 is 5.97 Å². The lowest BCUT2D eigenvalue weighted by atomic mass is 10.1. The fourth-order valence-electron chi connectivity index (χ4n) is 2.07. The summed E-state index contributed by atoms with van der Waals surface area (Å²) < 4.78 is 10.1. The van der Waals surface area contributed by atoms with E-state index in [2.05, 4.69) is 4.90 Å². The average molecular weight is 213 g/mol. The van der Waals surface area contributed by atoms with Gasteiger partial charge in [0.2, 0.25) is 0 Å². The maximum absolute atomic E-state index is 11.2. The molecule has 2 fully saturated rings. The molecule has 2 rings (SSSR count). The molecule has 4 nitrogen and oxygen atoms in total. The first-order valence-corrected chi connectivity index (χ1v) is 5.68. The van der Waals surface area contributed by atoms with Crippen molar-refractivity contribution in [2.45, 2.75) is 25.3 Å². The van der Waals surface area contributed by atoms with Crippen LogP contribution in [0.4, 0.5) is 0 Å². The Bertz CT molecular complexity index is 222. The topological polar surface area (TPSA) is 38.8 Å². The minimum Gasteiger partial charge on any atom is -0.468 e. The summed E-state index contributed by atoms with van der Waals surface area (Å²) in [5, 5.41) is 0. The number of carbonyl (C=O) groups excluding carboxylic acids is 1. The largest absolute Gasteiger partial charge is 0.468 e. The molecule has 86 valence electrons. The van der Waals surface area contributed by atoms with E-state index in [4.69, 9.17) is 9.47 Å². The van der Waals surface area contributed by atoms with E-state index in [9.17, 15) is 4.79 Å². The zero-order valence-corrected chi connectivity index (χ0v) is 9.28. The van der Waals surface area contributed by atoms with Crippen LogP contribution in [-0.4, -0.2) is 50.3 Å². The minimum absolute atomic E-state index is 0.124. The molecule has 1 aliphatic carbocycles. The number of esters is 1. The number of rotatable bonds is 5. The molecule has 15 heavy (non-hydrogen) atoms. The molecule has 4 heteroatoms. The quantitative estimate of drug-likeness (QED) is 0.629. The Labute approximate surface area is 90.5 Å². The van der Waals surface area contributed by atoms with Crippen LogP contribution in [-0.2, 0) is 14.3 Å². The van der Waals surface area contributed by atoms with Crippen molar-refractivity contribution in [1.82, 2.24) is 4.90 Å². The fraction of sp³-hybridized carbons (Fsp3) is 0.909. The fourth-order valence-corrected chi connectivity index (χ4v) is 2.07. The third-order valence-corrected chi connectivity index (χ3v) is 3.14. The van der Waals surface area contributed by atoms with Crippen LogP contribution in [0.1, 0.15) is 19.3 Å². The molecular weight excluding hydrogens is 194 g/mol. The van der Waals surface area contributed by atoms with E-state index in [1.165, 1.54) is 20.0 Å². The summed E-state index contributed by atoms with van der Waals surface area (Å²) in [6.45, 7) is 3.16. The molecule has 1 saturated heterocycles. The van der Waals surface area contributed by atoms with Crippen LogP contribution >= 0.6 is 0 Å². The summed E-state index contributed by atoms with van der Waals surface area (Å²) in [5.74, 6) is 0.482. The first-order valence-electron chi connectivity index (χ1n) is 5.68. The van der Waals surface area contributed by atoms with Gasteiger partial charge in [0.25, 0.3) is 0 Å². The Morgan fingerprint density at radius 3 is 2.80 bits per heavy atom. The van der Waals surface area contributed by atoms with Crippen LogP contribution in [0, 0.1) is 5.92 Å². The standard InChI is InChI=1S/C11H19NO3/c1-14-11(13)7-12(10-2-3-10)6-9-4-5-15-8-9/h9-10H,2-8H2,1H3/t9-/m1/s1. The van der Waals surface area contributed by atoms with Gasteiger partial charge in [-0.1, -0.05) is 0 Å². The lowest BCUT2D eigenvalue weighted by Crippen LogP contribution is -2.36. The van der Waals surface area contributed by atoms with Gasteiger partial charge in [-0.05, 0) is 25.2 Å². The molecule has 0 spiro atoms. The average Bonchev–Trinajstić information content (AvgIpc) is 2.97. The highest BCUT2D eigenvalue weighted by Gasteiger charge is 2.32. The van der Waals surface area contributed by atoms with Crippen LogP contribution in [0.15, 0.2) is 0 Å². The molecule has 0 aromatic carbocycles. The predicted molar refractivity (Wildman–Crippen MR) is 55.5 cm³/mol. The van der Waals surface area contributed by atoms with E-state index in [1.807, 2.05) is 0 Å². The van der Waals surface area contributed by atoms with Gasteiger partial charge in [0.05, 0.1) is 20.3 Å². The Hall–Kier alpha value is -0.610. The van der Waals surface area contributed by atoms with Gasteiger partial charge in [0, 0.05) is 19.2 Å². The van der Waals surface area contributed by atoms with Gasteiger partial charge >= 0.3 is 5.97 Å². The van der Waals surface area contributed by atoms with Gasteiger partial charge in [-0.2, -0.15) is 0 Å². The second kappa shape index (κ2) is 4.94. The number of hydrogen-bond acceptors (Lipinski definition) is 4. The smallest absolute Gasteiger partial charge is 0.319 e. The van der Waals surface area contributed by atoms with E-state index in [1.54, 1.807) is 0 Å². The molecule has 1 atom stereocenters. The van der Waals surface area contributed by atoms with E-state index >= 15 is 0 Å². The van der Waals surface area contributed by atoms with Gasteiger partial charge in [0.1, 0.15) is 0 Å². The Balaban J connectivity index is 1.79. The second-order valence-electron chi connectivity index (χ2n) is 4.47. The highest BCUT2D eigenvalue weighted by atomic mass is 16.5. The molecule has 1 heterocycles. The number of carbonyl (C=O) groups is 1. The van der Waals surface area contributed by atoms with Gasteiger partial charge < -0.3 is 9.47 Å². The van der Waals surface area contributed by atoms with Crippen LogP contribution in [0.25, 0.3) is 0 Å². The number of nitrogens with zero attached hydrogens (tertiary/aromatic N) is 1. The molecule has 0 unspecified atom stereocenters. The van der Waals surface area contributed by atoms with Crippen molar-refractivity contribution in [3.63, 3.8) is 0 Å². The van der Waals surface area contributed by atoms with Crippen molar-refractivity contribution in [2.75, 3.05) is 33.4 Å². The lowest BCUT2D eigenvalue weighted by Gasteiger charge is -2.23. The predicted octanol–water partition coefficient (Wildman–Crippen LogP) is 0.660. The lowest BCUT2D eigenvalue weighted by molar-refractivity contribution is -0.142. The maximum atomic E-state index is 11.2. The molecule has 0 N–H and O–H groups in total. The van der Waals surface area contributed by atoms with Gasteiger partial charge in [-0.25, -0.2) is 0 Å². The first kappa shape index (κ1) is 10.9. The minimum atomic E-state index is -0.124. The summed E-state index contributed by atoms with van der Waals surface area (Å²) >= 11 is 0. The molecule has 0 bridgehead atoms.